The molecule has 0 N–H and O–H groups in total. The van der Waals surface area contributed by atoms with Gasteiger partial charge in [-0.2, -0.15) is 5.10 Å². The molecule has 0 saturated carbocycles. The Morgan fingerprint density at radius 2 is 2.06 bits per heavy atom. The molecule has 0 saturated heterocycles. The quantitative estimate of drug-likeness (QED) is 0.631. The summed E-state index contributed by atoms with van der Waals surface area (Å²) >= 11 is 2.88. The summed E-state index contributed by atoms with van der Waals surface area (Å²) in [6, 6.07) is 3.66. The van der Waals surface area contributed by atoms with Gasteiger partial charge in [0.2, 0.25) is 5.78 Å². The zero-order chi connectivity index (χ0) is 12.6. The van der Waals surface area contributed by atoms with Crippen molar-refractivity contribution in [3.05, 3.63) is 51.8 Å². The molecule has 0 aliphatic carbocycles. The van der Waals surface area contributed by atoms with Crippen LogP contribution < -0.4 is 0 Å². The number of halogens is 3. The lowest BCUT2D eigenvalue weighted by Gasteiger charge is -2.05. The van der Waals surface area contributed by atoms with Gasteiger partial charge in [-0.05, 0) is 34.1 Å². The molecule has 1 heterocycles. The third-order valence-electron chi connectivity index (χ3n) is 2.33. The molecule has 0 atom stereocenters. The second-order valence-corrected chi connectivity index (χ2v) is 4.19. The van der Waals surface area contributed by atoms with Crippen molar-refractivity contribution in [2.24, 2.45) is 7.05 Å². The largest absolute Gasteiger partial charge is 0.287 e. The molecule has 0 aliphatic rings. The summed E-state index contributed by atoms with van der Waals surface area (Å²) in [5, 5.41) is 3.85. The molecule has 0 aliphatic heterocycles. The highest BCUT2D eigenvalue weighted by molar-refractivity contribution is 9.10. The number of hydrogen-bond donors (Lipinski definition) is 0. The van der Waals surface area contributed by atoms with Crippen LogP contribution in [0.25, 0.3) is 0 Å². The molecule has 0 radical (unpaired) electrons. The second kappa shape index (κ2) is 4.37. The standard InChI is InChI=1S/C11H7BrF2N2O/c1-16-8(4-5-15-16)11(17)6-2-3-7(13)10(14)9(6)12/h2-5H,1H3. The highest BCUT2D eigenvalue weighted by Gasteiger charge is 2.19. The number of aryl methyl sites for hydroxylation is 1. The van der Waals surface area contributed by atoms with Crippen molar-refractivity contribution in [3.8, 4) is 0 Å². The van der Waals surface area contributed by atoms with Crippen molar-refractivity contribution < 1.29 is 13.6 Å². The van der Waals surface area contributed by atoms with Crippen LogP contribution in [0.1, 0.15) is 16.1 Å². The van der Waals surface area contributed by atoms with Crippen LogP contribution in [0.15, 0.2) is 28.9 Å². The van der Waals surface area contributed by atoms with Gasteiger partial charge in [0.05, 0.1) is 4.47 Å². The summed E-state index contributed by atoms with van der Waals surface area (Å²) < 4.78 is 27.4. The molecule has 0 fully saturated rings. The highest BCUT2D eigenvalue weighted by Crippen LogP contribution is 2.25. The maximum atomic E-state index is 13.3. The fraction of sp³-hybridized carbons (Fsp3) is 0.0909. The monoisotopic (exact) mass is 300 g/mol. The topological polar surface area (TPSA) is 34.9 Å². The predicted molar refractivity (Wildman–Crippen MR) is 60.7 cm³/mol. The van der Waals surface area contributed by atoms with E-state index in [1.54, 1.807) is 7.05 Å². The summed E-state index contributed by atoms with van der Waals surface area (Å²) in [6.45, 7) is 0. The van der Waals surface area contributed by atoms with Gasteiger partial charge in [0.15, 0.2) is 11.6 Å². The van der Waals surface area contributed by atoms with Crippen LogP contribution in [0.4, 0.5) is 8.78 Å². The molecule has 0 amide bonds. The Morgan fingerprint density at radius 1 is 1.35 bits per heavy atom. The molecule has 2 aromatic rings. The number of benzene rings is 1. The van der Waals surface area contributed by atoms with Crippen LogP contribution in [-0.4, -0.2) is 15.6 Å². The van der Waals surface area contributed by atoms with E-state index in [2.05, 4.69) is 21.0 Å². The minimum absolute atomic E-state index is 0.0625. The normalized spacial score (nSPS) is 10.6. The fourth-order valence-corrected chi connectivity index (χ4v) is 1.94. The molecule has 3 nitrogen and oxygen atoms in total. The van der Waals surface area contributed by atoms with Gasteiger partial charge >= 0.3 is 0 Å². The Balaban J connectivity index is 2.53. The van der Waals surface area contributed by atoms with Crippen molar-refractivity contribution in [3.63, 3.8) is 0 Å². The van der Waals surface area contributed by atoms with Gasteiger partial charge in [-0.25, -0.2) is 8.78 Å². The highest BCUT2D eigenvalue weighted by atomic mass is 79.9. The van der Waals surface area contributed by atoms with Gasteiger partial charge in [0, 0.05) is 18.8 Å². The maximum absolute atomic E-state index is 13.3. The summed E-state index contributed by atoms with van der Waals surface area (Å²) in [5.41, 5.74) is 0.365. The summed E-state index contributed by atoms with van der Waals surface area (Å²) in [6.07, 6.45) is 1.46. The first-order valence-electron chi connectivity index (χ1n) is 4.68. The smallest absolute Gasteiger partial charge is 0.212 e. The van der Waals surface area contributed by atoms with E-state index in [1.807, 2.05) is 0 Å². The van der Waals surface area contributed by atoms with E-state index in [0.29, 0.717) is 5.69 Å². The van der Waals surface area contributed by atoms with E-state index < -0.39 is 17.4 Å². The average molecular weight is 301 g/mol. The lowest BCUT2D eigenvalue weighted by molar-refractivity contribution is 0.102. The number of aromatic nitrogens is 2. The van der Waals surface area contributed by atoms with E-state index >= 15 is 0 Å². The minimum Gasteiger partial charge on any atom is -0.287 e. The van der Waals surface area contributed by atoms with E-state index in [4.69, 9.17) is 0 Å². The van der Waals surface area contributed by atoms with E-state index in [-0.39, 0.29) is 10.0 Å². The molecule has 0 unspecified atom stereocenters. The summed E-state index contributed by atoms with van der Waals surface area (Å²) in [4.78, 5) is 12.0. The number of carbonyl (C=O) groups excluding carboxylic acids is 1. The van der Waals surface area contributed by atoms with Gasteiger partial charge in [0.25, 0.3) is 0 Å². The van der Waals surface area contributed by atoms with Crippen LogP contribution in [-0.2, 0) is 7.05 Å². The minimum atomic E-state index is -1.07. The molecular weight excluding hydrogens is 294 g/mol. The third kappa shape index (κ3) is 2.00. The van der Waals surface area contributed by atoms with Crippen LogP contribution in [0.5, 0.6) is 0 Å². The second-order valence-electron chi connectivity index (χ2n) is 3.39. The first-order valence-corrected chi connectivity index (χ1v) is 5.48. The lowest BCUT2D eigenvalue weighted by atomic mass is 10.1. The average Bonchev–Trinajstić information content (AvgIpc) is 2.72. The molecule has 17 heavy (non-hydrogen) atoms. The first-order chi connectivity index (χ1) is 8.02. The van der Waals surface area contributed by atoms with Gasteiger partial charge < -0.3 is 0 Å². The van der Waals surface area contributed by atoms with Crippen molar-refractivity contribution in [1.82, 2.24) is 9.78 Å². The molecule has 1 aromatic carbocycles. The van der Waals surface area contributed by atoms with Crippen LogP contribution in [0.3, 0.4) is 0 Å². The number of rotatable bonds is 2. The van der Waals surface area contributed by atoms with Gasteiger partial charge in [-0.1, -0.05) is 0 Å². The molecule has 0 bridgehead atoms. The predicted octanol–water partition coefficient (Wildman–Crippen LogP) is 2.69. The number of nitrogens with zero attached hydrogens (tertiary/aromatic N) is 2. The molecule has 1 aromatic heterocycles. The number of carbonyl (C=O) groups is 1. The summed E-state index contributed by atoms with van der Waals surface area (Å²) in [5.74, 6) is -2.49. The van der Waals surface area contributed by atoms with Crippen molar-refractivity contribution in [2.75, 3.05) is 0 Å². The molecule has 6 heteroatoms. The molecule has 2 rings (SSSR count). The molecular formula is C11H7BrF2N2O. The third-order valence-corrected chi connectivity index (χ3v) is 3.11. The Labute approximate surface area is 104 Å². The Bertz CT molecular complexity index is 595. The Kier molecular flexibility index (Phi) is 3.06. The molecule has 88 valence electrons. The molecule has 0 spiro atoms. The van der Waals surface area contributed by atoms with Crippen LogP contribution in [0.2, 0.25) is 0 Å². The van der Waals surface area contributed by atoms with E-state index in [1.165, 1.54) is 23.0 Å². The van der Waals surface area contributed by atoms with Crippen LogP contribution >= 0.6 is 15.9 Å². The zero-order valence-corrected chi connectivity index (χ0v) is 10.3. The van der Waals surface area contributed by atoms with Crippen molar-refractivity contribution in [2.45, 2.75) is 0 Å². The van der Waals surface area contributed by atoms with Gasteiger partial charge in [-0.3, -0.25) is 9.48 Å². The number of ketones is 1. The maximum Gasteiger partial charge on any atom is 0.212 e. The first kappa shape index (κ1) is 11.9. The summed E-state index contributed by atoms with van der Waals surface area (Å²) in [7, 11) is 1.60. The Morgan fingerprint density at radius 3 is 2.65 bits per heavy atom. The number of hydrogen-bond acceptors (Lipinski definition) is 2. The van der Waals surface area contributed by atoms with Gasteiger partial charge in [-0.15, -0.1) is 0 Å². The lowest BCUT2D eigenvalue weighted by Crippen LogP contribution is -2.10. The van der Waals surface area contributed by atoms with Gasteiger partial charge in [0.1, 0.15) is 5.69 Å². The van der Waals surface area contributed by atoms with E-state index in [0.717, 1.165) is 6.07 Å². The Hall–Kier alpha value is -1.56. The van der Waals surface area contributed by atoms with Crippen molar-refractivity contribution in [1.29, 1.82) is 0 Å². The fourth-order valence-electron chi connectivity index (χ4n) is 1.44. The van der Waals surface area contributed by atoms with Crippen LogP contribution in [0, 0.1) is 11.6 Å². The zero-order valence-electron chi connectivity index (χ0n) is 8.75. The SMILES string of the molecule is Cn1nccc1C(=O)c1ccc(F)c(F)c1Br. The van der Waals surface area contributed by atoms with Crippen molar-refractivity contribution >= 4 is 21.7 Å². The van der Waals surface area contributed by atoms with E-state index in [9.17, 15) is 13.6 Å².